The summed E-state index contributed by atoms with van der Waals surface area (Å²) in [5.41, 5.74) is 6.94. The van der Waals surface area contributed by atoms with Gasteiger partial charge in [-0.2, -0.15) is 5.10 Å². The molecule has 0 saturated carbocycles. The molecule has 7 heteroatoms. The Labute approximate surface area is 123 Å². The van der Waals surface area contributed by atoms with E-state index in [-0.39, 0.29) is 4.99 Å². The highest BCUT2D eigenvalue weighted by molar-refractivity contribution is 9.10. The quantitative estimate of drug-likeness (QED) is 0.837. The van der Waals surface area contributed by atoms with Crippen molar-refractivity contribution in [2.24, 2.45) is 5.73 Å². The predicted molar refractivity (Wildman–Crippen MR) is 80.4 cm³/mol. The Kier molecular flexibility index (Phi) is 4.11. The smallest absolute Gasteiger partial charge is 0.163 e. The second-order valence-electron chi connectivity index (χ2n) is 3.41. The average molecular weight is 344 g/mol. The van der Waals surface area contributed by atoms with Crippen molar-refractivity contribution in [2.75, 3.05) is 5.32 Å². The van der Waals surface area contributed by atoms with E-state index < -0.39 is 0 Å². The highest BCUT2D eigenvalue weighted by atomic mass is 79.9. The molecule has 0 spiro atoms. The second-order valence-corrected chi connectivity index (χ2v) is 5.17. The molecular weight excluding hydrogens is 336 g/mol. The van der Waals surface area contributed by atoms with Gasteiger partial charge in [0.25, 0.3) is 0 Å². The summed E-state index contributed by atoms with van der Waals surface area (Å²) in [6.07, 6.45) is 1.53. The van der Waals surface area contributed by atoms with E-state index in [9.17, 15) is 0 Å². The highest BCUT2D eigenvalue weighted by Crippen LogP contribution is 2.28. The van der Waals surface area contributed by atoms with Crippen LogP contribution in [0.2, 0.25) is 5.02 Å². The number of benzene rings is 1. The third-order valence-electron chi connectivity index (χ3n) is 2.17. The number of halogens is 2. The molecule has 0 amide bonds. The minimum Gasteiger partial charge on any atom is -0.389 e. The third-order valence-corrected chi connectivity index (χ3v) is 3.20. The number of aromatic nitrogens is 2. The van der Waals surface area contributed by atoms with Gasteiger partial charge in [0.05, 0.1) is 22.5 Å². The monoisotopic (exact) mass is 342 g/mol. The van der Waals surface area contributed by atoms with Gasteiger partial charge in [0.15, 0.2) is 5.82 Å². The van der Waals surface area contributed by atoms with Crippen molar-refractivity contribution in [2.45, 2.75) is 0 Å². The first-order chi connectivity index (χ1) is 8.58. The molecule has 0 atom stereocenters. The van der Waals surface area contributed by atoms with E-state index in [2.05, 4.69) is 31.4 Å². The van der Waals surface area contributed by atoms with Crippen molar-refractivity contribution in [1.82, 2.24) is 10.2 Å². The van der Waals surface area contributed by atoms with E-state index in [1.165, 1.54) is 6.20 Å². The summed E-state index contributed by atoms with van der Waals surface area (Å²) in [4.78, 5) is 0.251. The van der Waals surface area contributed by atoms with Crippen LogP contribution in [0.5, 0.6) is 0 Å². The van der Waals surface area contributed by atoms with Crippen LogP contribution in [0.25, 0.3) is 0 Å². The lowest BCUT2D eigenvalue weighted by Gasteiger charge is -2.10. The first kappa shape index (κ1) is 13.2. The fraction of sp³-hybridized carbons (Fsp3) is 0. The molecule has 0 aliphatic heterocycles. The molecule has 0 fully saturated rings. The first-order valence-electron chi connectivity index (χ1n) is 4.91. The Morgan fingerprint density at radius 3 is 2.83 bits per heavy atom. The van der Waals surface area contributed by atoms with Gasteiger partial charge < -0.3 is 11.1 Å². The molecule has 92 valence electrons. The van der Waals surface area contributed by atoms with Gasteiger partial charge in [-0.1, -0.05) is 39.7 Å². The fourth-order valence-corrected chi connectivity index (χ4v) is 2.23. The summed E-state index contributed by atoms with van der Waals surface area (Å²) < 4.78 is 0.895. The average Bonchev–Trinajstić information content (AvgIpc) is 2.33. The van der Waals surface area contributed by atoms with E-state index in [1.54, 1.807) is 12.1 Å². The minimum atomic E-state index is 0.251. The zero-order valence-electron chi connectivity index (χ0n) is 9.02. The van der Waals surface area contributed by atoms with Crippen LogP contribution in [0.1, 0.15) is 5.56 Å². The van der Waals surface area contributed by atoms with E-state index in [4.69, 9.17) is 29.6 Å². The maximum Gasteiger partial charge on any atom is 0.163 e. The number of hydrogen-bond donors (Lipinski definition) is 2. The fourth-order valence-electron chi connectivity index (χ4n) is 1.34. The topological polar surface area (TPSA) is 63.8 Å². The van der Waals surface area contributed by atoms with Gasteiger partial charge in [0, 0.05) is 4.47 Å². The van der Waals surface area contributed by atoms with Crippen molar-refractivity contribution in [3.8, 4) is 0 Å². The molecule has 1 aromatic heterocycles. The summed E-state index contributed by atoms with van der Waals surface area (Å²) >= 11 is 14.4. The zero-order valence-corrected chi connectivity index (χ0v) is 12.2. The highest BCUT2D eigenvalue weighted by Gasteiger charge is 2.09. The van der Waals surface area contributed by atoms with Crippen LogP contribution in [0.3, 0.4) is 0 Å². The van der Waals surface area contributed by atoms with Crippen LogP contribution in [0.4, 0.5) is 11.5 Å². The van der Waals surface area contributed by atoms with Gasteiger partial charge in [-0.3, -0.25) is 0 Å². The number of nitrogens with two attached hydrogens (primary N) is 1. The Hall–Kier alpha value is -1.24. The van der Waals surface area contributed by atoms with Crippen LogP contribution in [-0.2, 0) is 0 Å². The first-order valence-corrected chi connectivity index (χ1v) is 6.49. The van der Waals surface area contributed by atoms with E-state index in [0.29, 0.717) is 22.1 Å². The lowest BCUT2D eigenvalue weighted by molar-refractivity contribution is 1.03. The maximum atomic E-state index is 6.11. The molecule has 4 nitrogen and oxygen atoms in total. The molecule has 0 aliphatic rings. The Morgan fingerprint density at radius 2 is 2.17 bits per heavy atom. The molecule has 2 aromatic rings. The number of nitrogens with one attached hydrogen (secondary N) is 1. The largest absolute Gasteiger partial charge is 0.389 e. The van der Waals surface area contributed by atoms with E-state index >= 15 is 0 Å². The number of anilines is 2. The van der Waals surface area contributed by atoms with Gasteiger partial charge in [-0.05, 0) is 24.3 Å². The minimum absolute atomic E-state index is 0.251. The number of nitrogens with zero attached hydrogens (tertiary/aromatic N) is 2. The van der Waals surface area contributed by atoms with E-state index in [0.717, 1.165) is 4.47 Å². The molecule has 1 aromatic carbocycles. The van der Waals surface area contributed by atoms with Crippen LogP contribution < -0.4 is 11.1 Å². The normalized spacial score (nSPS) is 10.1. The third kappa shape index (κ3) is 2.95. The maximum absolute atomic E-state index is 6.11. The lowest BCUT2D eigenvalue weighted by Crippen LogP contribution is -2.13. The SMILES string of the molecule is NC(=S)c1ccnnc1Nc1ccc(Br)cc1Cl. The van der Waals surface area contributed by atoms with Crippen molar-refractivity contribution in [1.29, 1.82) is 0 Å². The Morgan fingerprint density at radius 1 is 1.39 bits per heavy atom. The Balaban J connectivity index is 2.37. The molecule has 0 radical (unpaired) electrons. The van der Waals surface area contributed by atoms with Gasteiger partial charge in [0.2, 0.25) is 0 Å². The van der Waals surface area contributed by atoms with Gasteiger partial charge >= 0.3 is 0 Å². The molecule has 0 saturated heterocycles. The summed E-state index contributed by atoms with van der Waals surface area (Å²) in [6.45, 7) is 0. The van der Waals surface area contributed by atoms with Gasteiger partial charge in [0.1, 0.15) is 4.99 Å². The molecule has 0 aliphatic carbocycles. The molecule has 0 unspecified atom stereocenters. The van der Waals surface area contributed by atoms with Crippen LogP contribution in [0, 0.1) is 0 Å². The molecular formula is C11H8BrClN4S. The standard InChI is InChI=1S/C11H8BrClN4S/c12-6-1-2-9(8(13)5-6)16-11-7(10(14)18)3-4-15-17-11/h1-5H,(H2,14,18)(H,16,17). The predicted octanol–water partition coefficient (Wildman–Crippen LogP) is 3.27. The van der Waals surface area contributed by atoms with Crippen molar-refractivity contribution in [3.63, 3.8) is 0 Å². The van der Waals surface area contributed by atoms with Crippen LogP contribution in [0.15, 0.2) is 34.9 Å². The second kappa shape index (κ2) is 5.60. The van der Waals surface area contributed by atoms with Crippen LogP contribution in [-0.4, -0.2) is 15.2 Å². The van der Waals surface area contributed by atoms with Gasteiger partial charge in [-0.25, -0.2) is 0 Å². The van der Waals surface area contributed by atoms with Crippen LogP contribution >= 0.6 is 39.7 Å². The number of hydrogen-bond acceptors (Lipinski definition) is 4. The summed E-state index contributed by atoms with van der Waals surface area (Å²) in [6, 6.07) is 7.17. The summed E-state index contributed by atoms with van der Waals surface area (Å²) in [5, 5.41) is 11.4. The molecule has 1 heterocycles. The van der Waals surface area contributed by atoms with Crippen molar-refractivity contribution >= 4 is 56.2 Å². The van der Waals surface area contributed by atoms with Crippen molar-refractivity contribution < 1.29 is 0 Å². The number of rotatable bonds is 3. The molecule has 18 heavy (non-hydrogen) atoms. The van der Waals surface area contributed by atoms with Gasteiger partial charge in [-0.15, -0.1) is 5.10 Å². The molecule has 2 rings (SSSR count). The Bertz CT molecular complexity index is 605. The van der Waals surface area contributed by atoms with E-state index in [1.807, 2.05) is 12.1 Å². The zero-order chi connectivity index (χ0) is 13.1. The summed E-state index contributed by atoms with van der Waals surface area (Å²) in [5.74, 6) is 0.481. The molecule has 3 N–H and O–H groups in total. The lowest BCUT2D eigenvalue weighted by atomic mass is 10.2. The number of thiocarbonyl (C=S) groups is 1. The summed E-state index contributed by atoms with van der Waals surface area (Å²) in [7, 11) is 0. The van der Waals surface area contributed by atoms with Crippen molar-refractivity contribution in [3.05, 3.63) is 45.5 Å². The molecule has 0 bridgehead atoms.